The van der Waals surface area contributed by atoms with Crippen molar-refractivity contribution in [3.63, 3.8) is 0 Å². The second kappa shape index (κ2) is 6.66. The molecule has 2 heterocycles. The molecule has 1 aliphatic rings. The summed E-state index contributed by atoms with van der Waals surface area (Å²) in [6.07, 6.45) is 2.29. The van der Waals surface area contributed by atoms with Crippen LogP contribution >= 0.6 is 15.9 Å². The maximum absolute atomic E-state index is 5.41. The molecule has 0 aromatic carbocycles. The molecule has 0 aliphatic carbocycles. The Morgan fingerprint density at radius 3 is 2.68 bits per heavy atom. The molecule has 106 valence electrons. The van der Waals surface area contributed by atoms with Crippen LogP contribution in [0.5, 0.6) is 0 Å². The Bertz CT molecular complexity index is 419. The van der Waals surface area contributed by atoms with E-state index in [1.54, 1.807) is 0 Å². The van der Waals surface area contributed by atoms with E-state index in [1.807, 2.05) is 6.07 Å². The molecule has 5 heteroatoms. The van der Waals surface area contributed by atoms with Gasteiger partial charge < -0.3 is 9.64 Å². The Labute approximate surface area is 123 Å². The van der Waals surface area contributed by atoms with E-state index in [9.17, 15) is 0 Å². The molecule has 0 spiro atoms. The zero-order valence-electron chi connectivity index (χ0n) is 11.9. The van der Waals surface area contributed by atoms with Gasteiger partial charge in [0, 0.05) is 38.8 Å². The van der Waals surface area contributed by atoms with Crippen molar-refractivity contribution in [1.82, 2.24) is 9.97 Å². The summed E-state index contributed by atoms with van der Waals surface area (Å²) >= 11 is 3.48. The fraction of sp³-hybridized carbons (Fsp3) is 0.714. The van der Waals surface area contributed by atoms with Crippen LogP contribution in [0.2, 0.25) is 0 Å². The number of aromatic nitrogens is 2. The Morgan fingerprint density at radius 2 is 2.05 bits per heavy atom. The van der Waals surface area contributed by atoms with Gasteiger partial charge in [-0.3, -0.25) is 0 Å². The standard InChI is InChI=1S/C14H22BrN3O/c1-10(2)14-16-12(15)8-13(17-14)18(3)9-11-4-6-19-7-5-11/h8,10-11H,4-7,9H2,1-3H3. The fourth-order valence-corrected chi connectivity index (χ4v) is 2.67. The lowest BCUT2D eigenvalue weighted by Gasteiger charge is -2.28. The monoisotopic (exact) mass is 327 g/mol. The van der Waals surface area contributed by atoms with Crippen LogP contribution in [0.3, 0.4) is 0 Å². The number of halogens is 1. The Morgan fingerprint density at radius 1 is 1.37 bits per heavy atom. The van der Waals surface area contributed by atoms with Crippen molar-refractivity contribution < 1.29 is 4.74 Å². The summed E-state index contributed by atoms with van der Waals surface area (Å²) in [6.45, 7) is 7.05. The lowest BCUT2D eigenvalue weighted by molar-refractivity contribution is 0.0685. The molecule has 0 amide bonds. The van der Waals surface area contributed by atoms with Gasteiger partial charge in [0.2, 0.25) is 0 Å². The molecule has 1 fully saturated rings. The molecule has 0 bridgehead atoms. The minimum absolute atomic E-state index is 0.340. The Hall–Kier alpha value is -0.680. The molecular formula is C14H22BrN3O. The van der Waals surface area contributed by atoms with Crippen LogP contribution in [0, 0.1) is 5.92 Å². The molecule has 0 N–H and O–H groups in total. The summed E-state index contributed by atoms with van der Waals surface area (Å²) in [7, 11) is 2.11. The summed E-state index contributed by atoms with van der Waals surface area (Å²) in [5.41, 5.74) is 0. The van der Waals surface area contributed by atoms with Crippen LogP contribution in [0.1, 0.15) is 38.4 Å². The van der Waals surface area contributed by atoms with Crippen molar-refractivity contribution in [2.75, 3.05) is 31.7 Å². The van der Waals surface area contributed by atoms with Crippen molar-refractivity contribution in [2.45, 2.75) is 32.6 Å². The van der Waals surface area contributed by atoms with Crippen LogP contribution < -0.4 is 4.90 Å². The first-order chi connectivity index (χ1) is 9.06. The predicted octanol–water partition coefficient (Wildman–Crippen LogP) is 3.23. The number of anilines is 1. The van der Waals surface area contributed by atoms with E-state index < -0.39 is 0 Å². The van der Waals surface area contributed by atoms with E-state index in [2.05, 4.69) is 51.7 Å². The minimum Gasteiger partial charge on any atom is -0.381 e. The summed E-state index contributed by atoms with van der Waals surface area (Å²) in [5, 5.41) is 0. The molecule has 0 radical (unpaired) electrons. The van der Waals surface area contributed by atoms with Crippen molar-refractivity contribution in [3.8, 4) is 0 Å². The van der Waals surface area contributed by atoms with E-state index in [4.69, 9.17) is 4.74 Å². The highest BCUT2D eigenvalue weighted by molar-refractivity contribution is 9.10. The number of rotatable bonds is 4. The van der Waals surface area contributed by atoms with Crippen LogP contribution in [-0.2, 0) is 4.74 Å². The SMILES string of the molecule is CC(C)c1nc(Br)cc(N(C)CC2CCOCC2)n1. The first-order valence-electron chi connectivity index (χ1n) is 6.89. The van der Waals surface area contributed by atoms with Gasteiger partial charge in [0.05, 0.1) is 0 Å². The van der Waals surface area contributed by atoms with Gasteiger partial charge in [0.1, 0.15) is 16.2 Å². The van der Waals surface area contributed by atoms with E-state index in [-0.39, 0.29) is 0 Å². The first-order valence-corrected chi connectivity index (χ1v) is 7.69. The average molecular weight is 328 g/mol. The largest absolute Gasteiger partial charge is 0.381 e. The van der Waals surface area contributed by atoms with E-state index in [0.717, 1.165) is 48.8 Å². The van der Waals surface area contributed by atoms with Gasteiger partial charge in [0.15, 0.2) is 0 Å². The normalized spacial score (nSPS) is 16.9. The van der Waals surface area contributed by atoms with Gasteiger partial charge in [-0.15, -0.1) is 0 Å². The number of hydrogen-bond donors (Lipinski definition) is 0. The first kappa shape index (κ1) is 14.7. The molecule has 4 nitrogen and oxygen atoms in total. The average Bonchev–Trinajstić information content (AvgIpc) is 2.39. The van der Waals surface area contributed by atoms with Crippen molar-refractivity contribution in [1.29, 1.82) is 0 Å². The van der Waals surface area contributed by atoms with Gasteiger partial charge in [-0.25, -0.2) is 9.97 Å². The third kappa shape index (κ3) is 4.14. The summed E-state index contributed by atoms with van der Waals surface area (Å²) in [6, 6.07) is 1.99. The molecule has 2 rings (SSSR count). The molecular weight excluding hydrogens is 306 g/mol. The van der Waals surface area contributed by atoms with Crippen LogP contribution in [0.4, 0.5) is 5.82 Å². The van der Waals surface area contributed by atoms with E-state index in [1.165, 1.54) is 0 Å². The highest BCUT2D eigenvalue weighted by Gasteiger charge is 2.17. The highest BCUT2D eigenvalue weighted by Crippen LogP contribution is 2.22. The Kier molecular flexibility index (Phi) is 5.16. The van der Waals surface area contributed by atoms with Gasteiger partial charge in [-0.05, 0) is 34.7 Å². The second-order valence-electron chi connectivity index (χ2n) is 5.50. The molecule has 1 aromatic rings. The van der Waals surface area contributed by atoms with Crippen molar-refractivity contribution in [2.24, 2.45) is 5.92 Å². The van der Waals surface area contributed by atoms with E-state index in [0.29, 0.717) is 11.8 Å². The molecule has 1 aromatic heterocycles. The zero-order chi connectivity index (χ0) is 13.8. The smallest absolute Gasteiger partial charge is 0.134 e. The van der Waals surface area contributed by atoms with Crippen molar-refractivity contribution >= 4 is 21.7 Å². The molecule has 1 aliphatic heterocycles. The molecule has 19 heavy (non-hydrogen) atoms. The third-order valence-corrected chi connectivity index (χ3v) is 3.89. The third-order valence-electron chi connectivity index (χ3n) is 3.48. The maximum Gasteiger partial charge on any atom is 0.134 e. The van der Waals surface area contributed by atoms with Crippen LogP contribution in [-0.4, -0.2) is 36.8 Å². The summed E-state index contributed by atoms with van der Waals surface area (Å²) in [5.74, 6) is 2.93. The predicted molar refractivity (Wildman–Crippen MR) is 80.6 cm³/mol. The van der Waals surface area contributed by atoms with Crippen LogP contribution in [0.15, 0.2) is 10.7 Å². The maximum atomic E-state index is 5.41. The molecule has 1 saturated heterocycles. The van der Waals surface area contributed by atoms with E-state index >= 15 is 0 Å². The lowest BCUT2D eigenvalue weighted by Crippen LogP contribution is -2.30. The van der Waals surface area contributed by atoms with Crippen LogP contribution in [0.25, 0.3) is 0 Å². The molecule has 0 saturated carbocycles. The summed E-state index contributed by atoms with van der Waals surface area (Å²) in [4.78, 5) is 11.3. The topological polar surface area (TPSA) is 38.2 Å². The van der Waals surface area contributed by atoms with Gasteiger partial charge >= 0.3 is 0 Å². The fourth-order valence-electron chi connectivity index (χ4n) is 2.29. The minimum atomic E-state index is 0.340. The van der Waals surface area contributed by atoms with Gasteiger partial charge in [0.25, 0.3) is 0 Å². The second-order valence-corrected chi connectivity index (χ2v) is 6.31. The number of hydrogen-bond acceptors (Lipinski definition) is 4. The Balaban J connectivity index is 2.07. The quantitative estimate of drug-likeness (QED) is 0.796. The number of nitrogens with zero attached hydrogens (tertiary/aromatic N) is 3. The lowest BCUT2D eigenvalue weighted by atomic mass is 10.00. The van der Waals surface area contributed by atoms with Crippen molar-refractivity contribution in [3.05, 3.63) is 16.5 Å². The highest BCUT2D eigenvalue weighted by atomic mass is 79.9. The molecule has 0 unspecified atom stereocenters. The molecule has 0 atom stereocenters. The zero-order valence-corrected chi connectivity index (χ0v) is 13.5. The number of ether oxygens (including phenoxy) is 1. The van der Waals surface area contributed by atoms with Gasteiger partial charge in [-0.1, -0.05) is 13.8 Å². The summed E-state index contributed by atoms with van der Waals surface area (Å²) < 4.78 is 6.27. The van der Waals surface area contributed by atoms with Gasteiger partial charge in [-0.2, -0.15) is 0 Å².